The van der Waals surface area contributed by atoms with Crippen LogP contribution in [-0.4, -0.2) is 9.97 Å². The molecule has 62 valence electrons. The van der Waals surface area contributed by atoms with Crippen molar-refractivity contribution in [2.24, 2.45) is 10.2 Å². The average molecular weight is 229 g/mol. The summed E-state index contributed by atoms with van der Waals surface area (Å²) in [5.41, 5.74) is 11.6. The molecule has 2 rings (SSSR count). The first-order valence-electron chi connectivity index (χ1n) is 3.16. The van der Waals surface area contributed by atoms with E-state index >= 15 is 0 Å². The molecule has 0 spiro atoms. The monoisotopic (exact) mass is 228 g/mol. The zero-order valence-electron chi connectivity index (χ0n) is 5.90. The molecule has 0 saturated heterocycles. The van der Waals surface area contributed by atoms with Gasteiger partial charge in [-0.2, -0.15) is 15.1 Å². The van der Waals surface area contributed by atoms with Gasteiger partial charge in [-0.3, -0.25) is 0 Å². The predicted molar refractivity (Wildman–Crippen MR) is 47.0 cm³/mol. The van der Waals surface area contributed by atoms with Gasteiger partial charge < -0.3 is 11.5 Å². The van der Waals surface area contributed by atoms with E-state index in [0.717, 1.165) is 0 Å². The molecular formula is C5H5BrN6. The van der Waals surface area contributed by atoms with Crippen molar-refractivity contribution in [1.82, 2.24) is 9.97 Å². The molecule has 1 aromatic rings. The van der Waals surface area contributed by atoms with Crippen LogP contribution in [0.1, 0.15) is 10.5 Å². The number of nitrogens with two attached hydrogens (primary N) is 2. The first-order valence-corrected chi connectivity index (χ1v) is 4.08. The van der Waals surface area contributed by atoms with Crippen LogP contribution in [0.3, 0.4) is 0 Å². The van der Waals surface area contributed by atoms with Crippen LogP contribution in [-0.2, 0) is 0 Å². The Morgan fingerprint density at radius 3 is 2.75 bits per heavy atom. The van der Waals surface area contributed by atoms with Gasteiger partial charge in [-0.15, -0.1) is 5.11 Å². The second kappa shape index (κ2) is 2.37. The molecule has 0 radical (unpaired) electrons. The molecule has 6 nitrogen and oxygen atoms in total. The van der Waals surface area contributed by atoms with E-state index in [1.165, 1.54) is 0 Å². The average Bonchev–Trinajstić information content (AvgIpc) is 2.31. The van der Waals surface area contributed by atoms with Crippen molar-refractivity contribution in [1.29, 1.82) is 0 Å². The normalized spacial score (nSPS) is 19.6. The van der Waals surface area contributed by atoms with Gasteiger partial charge in [0, 0.05) is 0 Å². The second-order valence-corrected chi connectivity index (χ2v) is 3.12. The van der Waals surface area contributed by atoms with E-state index in [4.69, 9.17) is 11.5 Å². The van der Waals surface area contributed by atoms with Crippen LogP contribution in [0.2, 0.25) is 0 Å². The lowest BCUT2D eigenvalue weighted by atomic mass is 10.3. The summed E-state index contributed by atoms with van der Waals surface area (Å²) in [6.07, 6.45) is 0. The number of aromatic nitrogens is 2. The minimum Gasteiger partial charge on any atom is -0.383 e. The minimum atomic E-state index is -0.243. The highest BCUT2D eigenvalue weighted by atomic mass is 79.9. The third-order valence-electron chi connectivity index (χ3n) is 1.46. The van der Waals surface area contributed by atoms with Gasteiger partial charge >= 0.3 is 0 Å². The fourth-order valence-electron chi connectivity index (χ4n) is 0.960. The molecule has 7 heteroatoms. The predicted octanol–water partition coefficient (Wildman–Crippen LogP) is 1.13. The van der Waals surface area contributed by atoms with Gasteiger partial charge in [0.05, 0.1) is 5.56 Å². The van der Waals surface area contributed by atoms with Crippen molar-refractivity contribution < 1.29 is 0 Å². The van der Waals surface area contributed by atoms with E-state index < -0.39 is 0 Å². The molecule has 0 aliphatic carbocycles. The number of rotatable bonds is 0. The highest BCUT2D eigenvalue weighted by Gasteiger charge is 2.23. The zero-order valence-corrected chi connectivity index (χ0v) is 7.48. The SMILES string of the molecule is Nc1nc(N)c2c(n1)N=N[C@H]2Br. The lowest BCUT2D eigenvalue weighted by Gasteiger charge is -2.02. The maximum atomic E-state index is 5.58. The largest absolute Gasteiger partial charge is 0.383 e. The van der Waals surface area contributed by atoms with Crippen molar-refractivity contribution in [3.63, 3.8) is 0 Å². The molecule has 0 bridgehead atoms. The summed E-state index contributed by atoms with van der Waals surface area (Å²) in [7, 11) is 0. The maximum absolute atomic E-state index is 5.58. The summed E-state index contributed by atoms with van der Waals surface area (Å²) in [5, 5.41) is 7.58. The van der Waals surface area contributed by atoms with Gasteiger partial charge in [0.2, 0.25) is 5.95 Å². The van der Waals surface area contributed by atoms with E-state index in [1.54, 1.807) is 0 Å². The molecule has 0 fully saturated rings. The number of fused-ring (bicyclic) bond motifs is 1. The highest BCUT2D eigenvalue weighted by Crippen LogP contribution is 2.40. The zero-order chi connectivity index (χ0) is 8.72. The van der Waals surface area contributed by atoms with E-state index in [2.05, 4.69) is 36.1 Å². The van der Waals surface area contributed by atoms with E-state index in [9.17, 15) is 0 Å². The van der Waals surface area contributed by atoms with Gasteiger partial charge in [0.25, 0.3) is 0 Å². The number of hydrogen-bond acceptors (Lipinski definition) is 6. The third kappa shape index (κ3) is 0.934. The highest BCUT2D eigenvalue weighted by molar-refractivity contribution is 9.09. The summed E-state index contributed by atoms with van der Waals surface area (Å²) in [6.45, 7) is 0. The van der Waals surface area contributed by atoms with Crippen LogP contribution in [0.25, 0.3) is 0 Å². The fraction of sp³-hybridized carbons (Fsp3) is 0.200. The number of anilines is 2. The molecule has 1 atom stereocenters. The van der Waals surface area contributed by atoms with Crippen LogP contribution in [0, 0.1) is 0 Å². The van der Waals surface area contributed by atoms with Crippen LogP contribution in [0.4, 0.5) is 17.6 Å². The molecule has 0 aromatic carbocycles. The Balaban J connectivity index is 2.66. The Bertz CT molecular complexity index is 361. The van der Waals surface area contributed by atoms with Gasteiger partial charge in [0.15, 0.2) is 10.8 Å². The third-order valence-corrected chi connectivity index (χ3v) is 2.11. The van der Waals surface area contributed by atoms with Crippen LogP contribution in [0.5, 0.6) is 0 Å². The molecule has 0 saturated carbocycles. The molecule has 12 heavy (non-hydrogen) atoms. The molecule has 0 unspecified atom stereocenters. The Labute approximate surface area is 76.2 Å². The van der Waals surface area contributed by atoms with Crippen LogP contribution in [0.15, 0.2) is 10.2 Å². The summed E-state index contributed by atoms with van der Waals surface area (Å²) in [6, 6.07) is 0. The summed E-state index contributed by atoms with van der Waals surface area (Å²) < 4.78 is 0. The Morgan fingerprint density at radius 2 is 2.00 bits per heavy atom. The van der Waals surface area contributed by atoms with Gasteiger partial charge in [-0.05, 0) is 0 Å². The van der Waals surface area contributed by atoms with Crippen molar-refractivity contribution in [2.45, 2.75) is 4.95 Å². The molecular weight excluding hydrogens is 224 g/mol. The van der Waals surface area contributed by atoms with Crippen molar-refractivity contribution in [3.05, 3.63) is 5.56 Å². The number of halogens is 1. The van der Waals surface area contributed by atoms with Gasteiger partial charge in [-0.1, -0.05) is 15.9 Å². The van der Waals surface area contributed by atoms with Crippen LogP contribution >= 0.6 is 15.9 Å². The smallest absolute Gasteiger partial charge is 0.224 e. The number of azo groups is 1. The summed E-state index contributed by atoms with van der Waals surface area (Å²) >= 11 is 3.25. The Hall–Kier alpha value is -1.24. The van der Waals surface area contributed by atoms with Crippen molar-refractivity contribution >= 4 is 33.5 Å². The van der Waals surface area contributed by atoms with E-state index in [0.29, 0.717) is 17.2 Å². The summed E-state index contributed by atoms with van der Waals surface area (Å²) in [5.74, 6) is 0.887. The Morgan fingerprint density at radius 1 is 1.25 bits per heavy atom. The van der Waals surface area contributed by atoms with Gasteiger partial charge in [-0.25, -0.2) is 0 Å². The number of alkyl halides is 1. The maximum Gasteiger partial charge on any atom is 0.224 e. The fourth-order valence-corrected chi connectivity index (χ4v) is 1.49. The lowest BCUT2D eigenvalue weighted by molar-refractivity contribution is 1.02. The first-order chi connectivity index (χ1) is 5.68. The molecule has 4 N–H and O–H groups in total. The number of hydrogen-bond donors (Lipinski definition) is 2. The second-order valence-electron chi connectivity index (χ2n) is 2.26. The quantitative estimate of drug-likeness (QED) is 0.514. The topological polar surface area (TPSA) is 103 Å². The lowest BCUT2D eigenvalue weighted by Crippen LogP contribution is -2.02. The molecule has 1 aliphatic heterocycles. The van der Waals surface area contributed by atoms with Crippen molar-refractivity contribution in [3.8, 4) is 0 Å². The molecule has 1 aromatic heterocycles. The first kappa shape index (κ1) is 7.41. The number of nitrogen functional groups attached to an aromatic ring is 2. The molecule has 1 aliphatic rings. The summed E-state index contributed by atoms with van der Waals surface area (Å²) in [4.78, 5) is 7.41. The Kier molecular flexibility index (Phi) is 1.47. The minimum absolute atomic E-state index is 0.117. The van der Waals surface area contributed by atoms with Crippen LogP contribution < -0.4 is 11.5 Å². The van der Waals surface area contributed by atoms with E-state index in [-0.39, 0.29) is 10.9 Å². The van der Waals surface area contributed by atoms with Gasteiger partial charge in [0.1, 0.15) is 5.82 Å². The molecule has 2 heterocycles. The van der Waals surface area contributed by atoms with E-state index in [1.807, 2.05) is 0 Å². The van der Waals surface area contributed by atoms with Crippen molar-refractivity contribution in [2.75, 3.05) is 11.5 Å². The standard InChI is InChI=1S/C5H5BrN6/c6-2-1-3(7)9-5(8)10-4(1)12-11-2/h2H,(H4,7,8,9,10)/t2-/m1/s1. The number of nitrogens with zero attached hydrogens (tertiary/aromatic N) is 4. The molecule has 0 amide bonds.